The van der Waals surface area contributed by atoms with E-state index >= 15 is 0 Å². The zero-order chi connectivity index (χ0) is 14.2. The van der Waals surface area contributed by atoms with Gasteiger partial charge in [0.25, 0.3) is 0 Å². The second-order valence-electron chi connectivity index (χ2n) is 4.74. The first kappa shape index (κ1) is 17.3. The van der Waals surface area contributed by atoms with Crippen LogP contribution in [-0.2, 0) is 4.79 Å². The summed E-state index contributed by atoms with van der Waals surface area (Å²) >= 11 is 4.98. The molecule has 5 heteroatoms. The van der Waals surface area contributed by atoms with Crippen molar-refractivity contribution in [2.75, 3.05) is 26.2 Å². The van der Waals surface area contributed by atoms with Gasteiger partial charge >= 0.3 is 0 Å². The van der Waals surface area contributed by atoms with Gasteiger partial charge in [0.2, 0.25) is 5.91 Å². The van der Waals surface area contributed by atoms with Crippen LogP contribution in [-0.4, -0.2) is 42.0 Å². The van der Waals surface area contributed by atoms with Crippen molar-refractivity contribution in [3.05, 3.63) is 0 Å². The fourth-order valence-electron chi connectivity index (χ4n) is 1.71. The monoisotopic (exact) mass is 273 g/mol. The summed E-state index contributed by atoms with van der Waals surface area (Å²) in [5.74, 6) is -0.0648. The van der Waals surface area contributed by atoms with E-state index in [4.69, 9.17) is 18.0 Å². The molecule has 106 valence electrons. The van der Waals surface area contributed by atoms with E-state index in [1.54, 1.807) is 6.92 Å². The lowest BCUT2D eigenvalue weighted by Crippen LogP contribution is -2.48. The van der Waals surface area contributed by atoms with Crippen molar-refractivity contribution in [2.45, 2.75) is 40.5 Å². The molecular formula is C13H27N3OS. The molecule has 3 N–H and O–H groups in total. The maximum absolute atomic E-state index is 12.1. The molecule has 0 aromatic rings. The minimum atomic E-state index is -0.725. The highest BCUT2D eigenvalue weighted by Crippen LogP contribution is 2.21. The van der Waals surface area contributed by atoms with E-state index in [-0.39, 0.29) is 10.9 Å². The van der Waals surface area contributed by atoms with Crippen LogP contribution in [0.2, 0.25) is 0 Å². The first-order valence-corrected chi connectivity index (χ1v) is 7.13. The Kier molecular flexibility index (Phi) is 8.11. The lowest BCUT2D eigenvalue weighted by molar-refractivity contribution is -0.127. The summed E-state index contributed by atoms with van der Waals surface area (Å²) in [5, 5.41) is 2.93. The van der Waals surface area contributed by atoms with Crippen LogP contribution in [0, 0.1) is 5.41 Å². The molecule has 0 saturated heterocycles. The lowest BCUT2D eigenvalue weighted by atomic mass is 9.86. The SMILES string of the molecule is CCCN(CC)CCNC(=O)C(C)(CC)C(N)=S. The number of hydrogen-bond acceptors (Lipinski definition) is 3. The van der Waals surface area contributed by atoms with Gasteiger partial charge in [-0.3, -0.25) is 4.79 Å². The summed E-state index contributed by atoms with van der Waals surface area (Å²) in [6.45, 7) is 11.6. The first-order valence-electron chi connectivity index (χ1n) is 6.72. The fourth-order valence-corrected chi connectivity index (χ4v) is 1.95. The normalized spacial score (nSPS) is 14.3. The van der Waals surface area contributed by atoms with Crippen LogP contribution in [0.5, 0.6) is 0 Å². The highest BCUT2D eigenvalue weighted by molar-refractivity contribution is 7.80. The van der Waals surface area contributed by atoms with Gasteiger partial charge in [-0.05, 0) is 32.9 Å². The van der Waals surface area contributed by atoms with Gasteiger partial charge in [0.1, 0.15) is 0 Å². The zero-order valence-electron chi connectivity index (χ0n) is 12.1. The molecule has 0 spiro atoms. The average Bonchev–Trinajstić information content (AvgIpc) is 2.36. The number of carbonyl (C=O) groups excluding carboxylic acids is 1. The molecule has 0 aromatic carbocycles. The summed E-state index contributed by atoms with van der Waals surface area (Å²) in [7, 11) is 0. The molecule has 18 heavy (non-hydrogen) atoms. The predicted octanol–water partition coefficient (Wildman–Crippen LogP) is 1.54. The van der Waals surface area contributed by atoms with Gasteiger partial charge in [0.15, 0.2) is 0 Å². The molecule has 0 fully saturated rings. The van der Waals surface area contributed by atoms with Gasteiger partial charge in [-0.2, -0.15) is 0 Å². The standard InChI is InChI=1S/C13H27N3OS/c1-5-9-16(7-3)10-8-15-12(17)13(4,6-2)11(14)18/h5-10H2,1-4H3,(H2,14,18)(H,15,17). The molecule has 0 bridgehead atoms. The third-order valence-corrected chi connectivity index (χ3v) is 3.90. The van der Waals surface area contributed by atoms with E-state index in [1.807, 2.05) is 6.92 Å². The van der Waals surface area contributed by atoms with Crippen LogP contribution >= 0.6 is 12.2 Å². The van der Waals surface area contributed by atoms with Crippen LogP contribution in [0.4, 0.5) is 0 Å². The van der Waals surface area contributed by atoms with Crippen molar-refractivity contribution >= 4 is 23.1 Å². The Hall–Kier alpha value is -0.680. The summed E-state index contributed by atoms with van der Waals surface area (Å²) in [4.78, 5) is 14.6. The minimum absolute atomic E-state index is 0.0648. The Bertz CT molecular complexity index is 283. The van der Waals surface area contributed by atoms with Gasteiger partial charge < -0.3 is 16.0 Å². The molecule has 0 saturated carbocycles. The average molecular weight is 273 g/mol. The highest BCUT2D eigenvalue weighted by Gasteiger charge is 2.34. The molecule has 1 unspecified atom stereocenters. The Morgan fingerprint density at radius 2 is 1.94 bits per heavy atom. The van der Waals surface area contributed by atoms with E-state index in [0.717, 1.165) is 26.1 Å². The second-order valence-corrected chi connectivity index (χ2v) is 5.18. The predicted molar refractivity (Wildman–Crippen MR) is 80.6 cm³/mol. The Labute approximate surface area is 116 Å². The van der Waals surface area contributed by atoms with Crippen LogP contribution < -0.4 is 11.1 Å². The fraction of sp³-hybridized carbons (Fsp3) is 0.846. The van der Waals surface area contributed by atoms with Gasteiger partial charge in [-0.1, -0.05) is 33.0 Å². The largest absolute Gasteiger partial charge is 0.392 e. The number of thiocarbonyl (C=S) groups is 1. The zero-order valence-corrected chi connectivity index (χ0v) is 12.9. The Morgan fingerprint density at radius 1 is 1.33 bits per heavy atom. The molecule has 4 nitrogen and oxygen atoms in total. The van der Waals surface area contributed by atoms with E-state index in [9.17, 15) is 4.79 Å². The Balaban J connectivity index is 4.21. The maximum Gasteiger partial charge on any atom is 0.232 e. The minimum Gasteiger partial charge on any atom is -0.392 e. The van der Waals surface area contributed by atoms with Crippen molar-refractivity contribution in [3.8, 4) is 0 Å². The first-order chi connectivity index (χ1) is 8.42. The summed E-state index contributed by atoms with van der Waals surface area (Å²) < 4.78 is 0. The smallest absolute Gasteiger partial charge is 0.232 e. The van der Waals surface area contributed by atoms with Crippen LogP contribution in [0.3, 0.4) is 0 Å². The quantitative estimate of drug-likeness (QED) is 0.626. The summed E-state index contributed by atoms with van der Waals surface area (Å²) in [6, 6.07) is 0. The number of likely N-dealkylation sites (N-methyl/N-ethyl adjacent to an activating group) is 1. The number of carbonyl (C=O) groups is 1. The molecular weight excluding hydrogens is 246 g/mol. The number of rotatable bonds is 9. The summed E-state index contributed by atoms with van der Waals surface area (Å²) in [6.07, 6.45) is 1.75. The van der Waals surface area contributed by atoms with Gasteiger partial charge in [0, 0.05) is 13.1 Å². The van der Waals surface area contributed by atoms with Gasteiger partial charge in [0.05, 0.1) is 10.4 Å². The number of hydrogen-bond donors (Lipinski definition) is 2. The number of amides is 1. The summed E-state index contributed by atoms with van der Waals surface area (Å²) in [5.41, 5.74) is 4.92. The van der Waals surface area contributed by atoms with Crippen LogP contribution in [0.15, 0.2) is 0 Å². The molecule has 1 amide bonds. The van der Waals surface area contributed by atoms with Gasteiger partial charge in [-0.25, -0.2) is 0 Å². The van der Waals surface area contributed by atoms with Crippen molar-refractivity contribution in [1.29, 1.82) is 0 Å². The third kappa shape index (κ3) is 4.90. The van der Waals surface area contributed by atoms with E-state index in [2.05, 4.69) is 24.1 Å². The number of nitrogens with zero attached hydrogens (tertiary/aromatic N) is 1. The van der Waals surface area contributed by atoms with Crippen molar-refractivity contribution in [2.24, 2.45) is 11.1 Å². The van der Waals surface area contributed by atoms with E-state index < -0.39 is 5.41 Å². The van der Waals surface area contributed by atoms with Crippen LogP contribution in [0.25, 0.3) is 0 Å². The molecule has 0 aliphatic heterocycles. The molecule has 0 radical (unpaired) electrons. The molecule has 0 aliphatic rings. The molecule has 0 aromatic heterocycles. The molecule has 0 aliphatic carbocycles. The van der Waals surface area contributed by atoms with E-state index in [1.165, 1.54) is 0 Å². The van der Waals surface area contributed by atoms with Crippen molar-refractivity contribution < 1.29 is 4.79 Å². The number of nitrogens with one attached hydrogen (secondary N) is 1. The second kappa shape index (κ2) is 8.43. The van der Waals surface area contributed by atoms with Crippen molar-refractivity contribution in [1.82, 2.24) is 10.2 Å². The maximum atomic E-state index is 12.1. The van der Waals surface area contributed by atoms with E-state index in [0.29, 0.717) is 13.0 Å². The van der Waals surface area contributed by atoms with Gasteiger partial charge in [-0.15, -0.1) is 0 Å². The molecule has 0 heterocycles. The highest BCUT2D eigenvalue weighted by atomic mass is 32.1. The number of nitrogens with two attached hydrogens (primary N) is 1. The lowest BCUT2D eigenvalue weighted by Gasteiger charge is -2.26. The third-order valence-electron chi connectivity index (χ3n) is 3.45. The Morgan fingerprint density at radius 3 is 2.33 bits per heavy atom. The topological polar surface area (TPSA) is 58.4 Å². The van der Waals surface area contributed by atoms with Crippen molar-refractivity contribution in [3.63, 3.8) is 0 Å². The van der Waals surface area contributed by atoms with Crippen LogP contribution in [0.1, 0.15) is 40.5 Å². The molecule has 0 rings (SSSR count). The molecule has 1 atom stereocenters.